The number of carbonyl (C=O) groups excluding carboxylic acids is 1. The summed E-state index contributed by atoms with van der Waals surface area (Å²) in [4.78, 5) is 34.6. The molecule has 0 unspecified atom stereocenters. The van der Waals surface area contributed by atoms with Crippen LogP contribution < -0.4 is 5.73 Å². The van der Waals surface area contributed by atoms with Gasteiger partial charge in [-0.1, -0.05) is 12.1 Å². The van der Waals surface area contributed by atoms with Gasteiger partial charge >= 0.3 is 0 Å². The van der Waals surface area contributed by atoms with Gasteiger partial charge in [-0.25, -0.2) is 19.9 Å². The molecule has 2 N–H and O–H groups in total. The minimum Gasteiger partial charge on any atom is -0.383 e. The second-order valence-corrected chi connectivity index (χ2v) is 7.48. The van der Waals surface area contributed by atoms with Gasteiger partial charge in [0.05, 0.1) is 12.1 Å². The molecule has 0 saturated carbocycles. The molecule has 9 nitrogen and oxygen atoms in total. The Morgan fingerprint density at radius 1 is 1.03 bits per heavy atom. The minimum atomic E-state index is 0.00890. The molecule has 0 bridgehead atoms. The van der Waals surface area contributed by atoms with Gasteiger partial charge in [-0.3, -0.25) is 14.3 Å². The van der Waals surface area contributed by atoms with E-state index in [2.05, 4.69) is 24.8 Å². The van der Waals surface area contributed by atoms with Gasteiger partial charge in [-0.2, -0.15) is 0 Å². The highest BCUT2D eigenvalue weighted by molar-refractivity contribution is 5.94. The monoisotopic (exact) mass is 414 g/mol. The molecule has 1 saturated heterocycles. The highest BCUT2D eigenvalue weighted by Crippen LogP contribution is 2.18. The maximum Gasteiger partial charge on any atom is 0.254 e. The van der Waals surface area contributed by atoms with Crippen molar-refractivity contribution in [2.24, 2.45) is 0 Å². The zero-order valence-electron chi connectivity index (χ0n) is 16.9. The first-order chi connectivity index (χ1) is 15.2. The Kier molecular flexibility index (Phi) is 5.01. The highest BCUT2D eigenvalue weighted by atomic mass is 16.2. The maximum atomic E-state index is 13.0. The van der Waals surface area contributed by atoms with Crippen molar-refractivity contribution in [3.05, 3.63) is 72.7 Å². The Morgan fingerprint density at radius 3 is 2.68 bits per heavy atom. The average Bonchev–Trinajstić information content (AvgIpc) is 3.34. The van der Waals surface area contributed by atoms with Crippen molar-refractivity contribution in [3.63, 3.8) is 0 Å². The molecular weight excluding hydrogens is 392 g/mol. The van der Waals surface area contributed by atoms with Crippen LogP contribution in [0.2, 0.25) is 0 Å². The van der Waals surface area contributed by atoms with E-state index in [-0.39, 0.29) is 5.91 Å². The van der Waals surface area contributed by atoms with E-state index in [1.807, 2.05) is 29.2 Å². The number of para-hydroxylation sites is 1. The number of nitrogen functional groups attached to an aromatic ring is 1. The summed E-state index contributed by atoms with van der Waals surface area (Å²) in [5, 5.41) is 0.870. The third-order valence-corrected chi connectivity index (χ3v) is 5.46. The molecule has 31 heavy (non-hydrogen) atoms. The molecule has 3 aromatic heterocycles. The summed E-state index contributed by atoms with van der Waals surface area (Å²) in [6, 6.07) is 11.3. The number of rotatable bonds is 4. The van der Waals surface area contributed by atoms with Gasteiger partial charge in [-0.05, 0) is 24.3 Å². The van der Waals surface area contributed by atoms with Crippen molar-refractivity contribution in [3.8, 4) is 5.82 Å². The van der Waals surface area contributed by atoms with Crippen LogP contribution in [-0.2, 0) is 6.54 Å². The Morgan fingerprint density at radius 2 is 1.87 bits per heavy atom. The van der Waals surface area contributed by atoms with Crippen molar-refractivity contribution < 1.29 is 4.79 Å². The predicted octanol–water partition coefficient (Wildman–Crippen LogP) is 1.75. The molecular formula is C22H22N8O. The van der Waals surface area contributed by atoms with Gasteiger partial charge < -0.3 is 10.6 Å². The SMILES string of the molecule is Nc1nc(CN2CCN(C(=O)c3ccnc(-n4ccnc4)c3)CC2)nc2ccccc12. The molecule has 5 rings (SSSR count). The highest BCUT2D eigenvalue weighted by Gasteiger charge is 2.23. The number of carbonyl (C=O) groups is 1. The fraction of sp³-hybridized carbons (Fsp3) is 0.227. The van der Waals surface area contributed by atoms with E-state index in [4.69, 9.17) is 5.73 Å². The van der Waals surface area contributed by atoms with Gasteiger partial charge in [0.25, 0.3) is 5.91 Å². The van der Waals surface area contributed by atoms with E-state index in [0.29, 0.717) is 42.7 Å². The molecule has 1 fully saturated rings. The topological polar surface area (TPSA) is 106 Å². The number of nitrogens with zero attached hydrogens (tertiary/aromatic N) is 7. The number of pyridine rings is 1. The lowest BCUT2D eigenvalue weighted by Crippen LogP contribution is -2.48. The number of imidazole rings is 1. The van der Waals surface area contributed by atoms with E-state index < -0.39 is 0 Å². The second-order valence-electron chi connectivity index (χ2n) is 7.48. The largest absolute Gasteiger partial charge is 0.383 e. The number of anilines is 1. The Balaban J connectivity index is 1.24. The van der Waals surface area contributed by atoms with Crippen LogP contribution in [0.15, 0.2) is 61.3 Å². The smallest absolute Gasteiger partial charge is 0.254 e. The lowest BCUT2D eigenvalue weighted by molar-refractivity contribution is 0.0625. The molecule has 1 aromatic carbocycles. The van der Waals surface area contributed by atoms with E-state index in [9.17, 15) is 4.79 Å². The lowest BCUT2D eigenvalue weighted by atomic mass is 10.2. The Bertz CT molecular complexity index is 1220. The van der Waals surface area contributed by atoms with Crippen LogP contribution in [0.3, 0.4) is 0 Å². The Hall–Kier alpha value is -3.85. The molecule has 1 aliphatic rings. The number of hydrogen-bond donors (Lipinski definition) is 1. The summed E-state index contributed by atoms with van der Waals surface area (Å²) in [6.45, 7) is 3.40. The number of benzene rings is 1. The van der Waals surface area contributed by atoms with Crippen molar-refractivity contribution >= 4 is 22.6 Å². The number of piperazine rings is 1. The summed E-state index contributed by atoms with van der Waals surface area (Å²) in [5.74, 6) is 1.89. The standard InChI is InChI=1S/C22H22N8O/c23-21-17-3-1-2-4-18(17)26-19(27-21)14-28-9-11-29(12-10-28)22(31)16-5-6-25-20(13-16)30-8-7-24-15-30/h1-8,13,15H,9-12,14H2,(H2,23,26,27). The minimum absolute atomic E-state index is 0.00890. The van der Waals surface area contributed by atoms with Crippen LogP contribution in [0, 0.1) is 0 Å². The molecule has 1 aliphatic heterocycles. The number of fused-ring (bicyclic) bond motifs is 1. The van der Waals surface area contributed by atoms with E-state index in [1.165, 1.54) is 0 Å². The molecule has 4 heterocycles. The number of amides is 1. The quantitative estimate of drug-likeness (QED) is 0.542. The number of aromatic nitrogens is 5. The zero-order valence-corrected chi connectivity index (χ0v) is 16.9. The third-order valence-electron chi connectivity index (χ3n) is 5.46. The van der Waals surface area contributed by atoms with Crippen LogP contribution >= 0.6 is 0 Å². The van der Waals surface area contributed by atoms with E-state index in [1.54, 1.807) is 41.6 Å². The van der Waals surface area contributed by atoms with Crippen LogP contribution in [0.25, 0.3) is 16.7 Å². The first-order valence-corrected chi connectivity index (χ1v) is 10.1. The first-order valence-electron chi connectivity index (χ1n) is 10.1. The molecule has 156 valence electrons. The van der Waals surface area contributed by atoms with Crippen LogP contribution in [0.5, 0.6) is 0 Å². The van der Waals surface area contributed by atoms with Gasteiger partial charge in [-0.15, -0.1) is 0 Å². The molecule has 0 aliphatic carbocycles. The van der Waals surface area contributed by atoms with Crippen molar-refractivity contribution in [1.29, 1.82) is 0 Å². The maximum absolute atomic E-state index is 13.0. The van der Waals surface area contributed by atoms with E-state index >= 15 is 0 Å². The lowest BCUT2D eigenvalue weighted by Gasteiger charge is -2.34. The fourth-order valence-electron chi connectivity index (χ4n) is 3.80. The van der Waals surface area contributed by atoms with Gasteiger partial charge in [0.15, 0.2) is 0 Å². The van der Waals surface area contributed by atoms with Gasteiger partial charge in [0, 0.05) is 55.7 Å². The predicted molar refractivity (Wildman–Crippen MR) is 116 cm³/mol. The molecule has 0 atom stereocenters. The first kappa shape index (κ1) is 19.1. The summed E-state index contributed by atoms with van der Waals surface area (Å²) < 4.78 is 1.78. The fourth-order valence-corrected chi connectivity index (χ4v) is 3.80. The molecule has 0 radical (unpaired) electrons. The number of nitrogens with two attached hydrogens (primary N) is 1. The summed E-state index contributed by atoms with van der Waals surface area (Å²) >= 11 is 0. The van der Waals surface area contributed by atoms with Crippen molar-refractivity contribution in [1.82, 2.24) is 34.3 Å². The van der Waals surface area contributed by atoms with E-state index in [0.717, 1.165) is 24.0 Å². The summed E-state index contributed by atoms with van der Waals surface area (Å²) in [5.41, 5.74) is 7.58. The molecule has 0 spiro atoms. The van der Waals surface area contributed by atoms with Crippen molar-refractivity contribution in [2.75, 3.05) is 31.9 Å². The van der Waals surface area contributed by atoms with Gasteiger partial charge in [0.1, 0.15) is 23.8 Å². The van der Waals surface area contributed by atoms with Crippen LogP contribution in [0.1, 0.15) is 16.2 Å². The van der Waals surface area contributed by atoms with Crippen molar-refractivity contribution in [2.45, 2.75) is 6.54 Å². The molecule has 1 amide bonds. The van der Waals surface area contributed by atoms with Gasteiger partial charge in [0.2, 0.25) is 0 Å². The normalized spacial score (nSPS) is 14.8. The average molecular weight is 414 g/mol. The Labute approximate surface area is 179 Å². The summed E-state index contributed by atoms with van der Waals surface area (Å²) in [6.07, 6.45) is 6.80. The third kappa shape index (κ3) is 3.95. The van der Waals surface area contributed by atoms with Crippen LogP contribution in [-0.4, -0.2) is 66.4 Å². The van der Waals surface area contributed by atoms with Crippen LogP contribution in [0.4, 0.5) is 5.82 Å². The second kappa shape index (κ2) is 8.11. The molecule has 4 aromatic rings. The zero-order chi connectivity index (χ0) is 21.2. The number of hydrogen-bond acceptors (Lipinski definition) is 7. The summed E-state index contributed by atoms with van der Waals surface area (Å²) in [7, 11) is 0. The molecule has 9 heteroatoms.